The monoisotopic (exact) mass is 359 g/mol. The number of piperazine rings is 1. The van der Waals surface area contributed by atoms with Crippen molar-refractivity contribution in [3.63, 3.8) is 0 Å². The van der Waals surface area contributed by atoms with Crippen molar-refractivity contribution >= 4 is 22.6 Å². The lowest BCUT2D eigenvalue weighted by molar-refractivity contribution is 0.0694. The molecule has 138 valence electrons. The molecule has 2 N–H and O–H groups in total. The number of hydrogen-bond acceptors (Lipinski definition) is 4. The Morgan fingerprint density at radius 1 is 1.27 bits per heavy atom. The van der Waals surface area contributed by atoms with E-state index in [-0.39, 0.29) is 17.0 Å². The maximum Gasteiger partial charge on any atom is 0.341 e. The highest BCUT2D eigenvalue weighted by atomic mass is 19.1. The molecular formula is C19H22FN3O3. The molecule has 2 unspecified atom stereocenters. The number of nitrogens with zero attached hydrogens (tertiary/aromatic N) is 2. The van der Waals surface area contributed by atoms with E-state index < -0.39 is 17.2 Å². The molecule has 1 aromatic carbocycles. The number of anilines is 1. The molecule has 1 saturated carbocycles. The first-order valence-electron chi connectivity index (χ1n) is 9.04. The summed E-state index contributed by atoms with van der Waals surface area (Å²) < 4.78 is 16.6. The molecule has 0 spiro atoms. The lowest BCUT2D eigenvalue weighted by Gasteiger charge is -2.37. The number of hydrogen-bond donors (Lipinski definition) is 2. The maximum absolute atomic E-state index is 14.8. The number of pyridine rings is 1. The van der Waals surface area contributed by atoms with Gasteiger partial charge in [0.2, 0.25) is 5.43 Å². The van der Waals surface area contributed by atoms with Gasteiger partial charge in [0.15, 0.2) is 0 Å². The molecule has 2 aromatic rings. The van der Waals surface area contributed by atoms with E-state index >= 15 is 0 Å². The molecular weight excluding hydrogens is 337 g/mol. The number of aromatic carboxylic acids is 1. The number of carboxylic acid groups (broad SMARTS) is 1. The summed E-state index contributed by atoms with van der Waals surface area (Å²) in [5.74, 6) is -1.36. The summed E-state index contributed by atoms with van der Waals surface area (Å²) in [6.45, 7) is 5.06. The first-order chi connectivity index (χ1) is 12.5. The quantitative estimate of drug-likeness (QED) is 0.879. The first kappa shape index (κ1) is 17.0. The summed E-state index contributed by atoms with van der Waals surface area (Å²) in [7, 11) is 0. The van der Waals surface area contributed by atoms with E-state index in [2.05, 4.69) is 12.2 Å². The Kier molecular flexibility index (Phi) is 4.19. The van der Waals surface area contributed by atoms with Gasteiger partial charge in [0.05, 0.1) is 11.2 Å². The Labute approximate surface area is 150 Å². The molecule has 4 rings (SSSR count). The van der Waals surface area contributed by atoms with Gasteiger partial charge in [0.1, 0.15) is 11.4 Å². The van der Waals surface area contributed by atoms with Gasteiger partial charge in [0.25, 0.3) is 0 Å². The zero-order valence-corrected chi connectivity index (χ0v) is 14.7. The van der Waals surface area contributed by atoms with E-state index in [1.165, 1.54) is 12.3 Å². The average Bonchev–Trinajstić information content (AvgIpc) is 2.62. The molecule has 2 fully saturated rings. The summed E-state index contributed by atoms with van der Waals surface area (Å²) in [5.41, 5.74) is 0.168. The molecule has 2 aliphatic rings. The van der Waals surface area contributed by atoms with E-state index in [0.717, 1.165) is 25.9 Å². The van der Waals surface area contributed by atoms with Crippen LogP contribution in [0.15, 0.2) is 23.1 Å². The highest BCUT2D eigenvalue weighted by Gasteiger charge is 2.31. The van der Waals surface area contributed by atoms with Gasteiger partial charge in [-0.3, -0.25) is 4.79 Å². The van der Waals surface area contributed by atoms with Crippen LogP contribution in [0.4, 0.5) is 10.1 Å². The van der Waals surface area contributed by atoms with Gasteiger partial charge in [0, 0.05) is 43.8 Å². The van der Waals surface area contributed by atoms with Crippen molar-refractivity contribution in [2.24, 2.45) is 5.92 Å². The minimum atomic E-state index is -1.27. The van der Waals surface area contributed by atoms with Crippen LogP contribution in [0, 0.1) is 11.7 Å². The summed E-state index contributed by atoms with van der Waals surface area (Å²) in [6.07, 6.45) is 3.43. The summed E-state index contributed by atoms with van der Waals surface area (Å²) in [6, 6.07) is 3.06. The van der Waals surface area contributed by atoms with Crippen molar-refractivity contribution in [3.8, 4) is 0 Å². The third kappa shape index (κ3) is 2.67. The van der Waals surface area contributed by atoms with Crippen LogP contribution in [-0.4, -0.2) is 41.8 Å². The minimum absolute atomic E-state index is 0.137. The largest absolute Gasteiger partial charge is 0.477 e. The Morgan fingerprint density at radius 2 is 2.00 bits per heavy atom. The van der Waals surface area contributed by atoms with Crippen LogP contribution < -0.4 is 15.6 Å². The molecule has 0 radical (unpaired) electrons. The molecule has 6 nitrogen and oxygen atoms in total. The number of fused-ring (bicyclic) bond motifs is 1. The standard InChI is InChI=1S/C19H22FN3O3/c1-11-2-3-15(11)23-10-13(19(25)26)18(24)12-8-14(20)17(9-16(12)23)22-6-4-21-5-7-22/h8-11,15,21H,2-7H2,1H3,(H,25,26). The smallest absolute Gasteiger partial charge is 0.341 e. The van der Waals surface area contributed by atoms with Crippen LogP contribution in [0.3, 0.4) is 0 Å². The van der Waals surface area contributed by atoms with Crippen molar-refractivity contribution in [3.05, 3.63) is 39.9 Å². The van der Waals surface area contributed by atoms with Crippen LogP contribution in [0.1, 0.15) is 36.2 Å². The van der Waals surface area contributed by atoms with E-state index in [4.69, 9.17) is 0 Å². The number of rotatable bonds is 3. The van der Waals surface area contributed by atoms with Gasteiger partial charge < -0.3 is 19.9 Å². The molecule has 1 aromatic heterocycles. The van der Waals surface area contributed by atoms with Crippen molar-refractivity contribution in [2.75, 3.05) is 31.1 Å². The van der Waals surface area contributed by atoms with Crippen LogP contribution in [0.2, 0.25) is 0 Å². The molecule has 1 aliphatic carbocycles. The number of carbonyl (C=O) groups is 1. The number of halogens is 1. The molecule has 7 heteroatoms. The summed E-state index contributed by atoms with van der Waals surface area (Å²) >= 11 is 0. The highest BCUT2D eigenvalue weighted by Crippen LogP contribution is 2.40. The Morgan fingerprint density at radius 3 is 2.58 bits per heavy atom. The Balaban J connectivity index is 1.95. The second kappa shape index (κ2) is 6.39. The average molecular weight is 359 g/mol. The van der Waals surface area contributed by atoms with Crippen molar-refractivity contribution < 1.29 is 14.3 Å². The zero-order chi connectivity index (χ0) is 18.4. The van der Waals surface area contributed by atoms with Crippen LogP contribution in [0.25, 0.3) is 10.9 Å². The van der Waals surface area contributed by atoms with Crippen LogP contribution >= 0.6 is 0 Å². The molecule has 26 heavy (non-hydrogen) atoms. The Hall–Kier alpha value is -2.41. The van der Waals surface area contributed by atoms with E-state index in [9.17, 15) is 19.1 Å². The van der Waals surface area contributed by atoms with Gasteiger partial charge in [-0.1, -0.05) is 6.92 Å². The summed E-state index contributed by atoms with van der Waals surface area (Å²) in [4.78, 5) is 26.1. The van der Waals surface area contributed by atoms with E-state index in [0.29, 0.717) is 30.2 Å². The molecule has 0 bridgehead atoms. The fourth-order valence-electron chi connectivity index (χ4n) is 4.00. The third-order valence-corrected chi connectivity index (χ3v) is 5.72. The fraction of sp³-hybridized carbons (Fsp3) is 0.474. The number of aromatic nitrogens is 1. The van der Waals surface area contributed by atoms with Crippen LogP contribution in [0.5, 0.6) is 0 Å². The Bertz CT molecular complexity index is 934. The zero-order valence-electron chi connectivity index (χ0n) is 14.7. The second-order valence-corrected chi connectivity index (χ2v) is 7.26. The number of carboxylic acids is 1. The van der Waals surface area contributed by atoms with Crippen molar-refractivity contribution in [2.45, 2.75) is 25.8 Å². The van der Waals surface area contributed by atoms with Gasteiger partial charge in [-0.15, -0.1) is 0 Å². The van der Waals surface area contributed by atoms with Gasteiger partial charge in [-0.2, -0.15) is 0 Å². The molecule has 0 amide bonds. The first-order valence-corrected chi connectivity index (χ1v) is 9.04. The predicted molar refractivity (Wildman–Crippen MR) is 97.6 cm³/mol. The van der Waals surface area contributed by atoms with Gasteiger partial charge in [-0.25, -0.2) is 9.18 Å². The lowest BCUT2D eigenvalue weighted by atomic mass is 9.80. The van der Waals surface area contributed by atoms with E-state index in [1.54, 1.807) is 6.07 Å². The minimum Gasteiger partial charge on any atom is -0.477 e. The molecule has 1 saturated heterocycles. The van der Waals surface area contributed by atoms with E-state index in [1.807, 2.05) is 9.47 Å². The highest BCUT2D eigenvalue weighted by molar-refractivity contribution is 5.93. The van der Waals surface area contributed by atoms with Crippen molar-refractivity contribution in [1.82, 2.24) is 9.88 Å². The predicted octanol–water partition coefficient (Wildman–Crippen LogP) is 2.22. The third-order valence-electron chi connectivity index (χ3n) is 5.72. The molecule has 1 aliphatic heterocycles. The lowest BCUT2D eigenvalue weighted by Crippen LogP contribution is -2.44. The topological polar surface area (TPSA) is 74.6 Å². The normalized spacial score (nSPS) is 23.1. The van der Waals surface area contributed by atoms with Crippen molar-refractivity contribution in [1.29, 1.82) is 0 Å². The van der Waals surface area contributed by atoms with Crippen LogP contribution in [-0.2, 0) is 0 Å². The van der Waals surface area contributed by atoms with Gasteiger partial charge >= 0.3 is 5.97 Å². The fourth-order valence-corrected chi connectivity index (χ4v) is 4.00. The number of nitrogens with one attached hydrogen (secondary N) is 1. The summed E-state index contributed by atoms with van der Waals surface area (Å²) in [5, 5.41) is 12.8. The SMILES string of the molecule is CC1CCC1n1cc(C(=O)O)c(=O)c2cc(F)c(N3CCNCC3)cc21. The second-order valence-electron chi connectivity index (χ2n) is 7.26. The van der Waals surface area contributed by atoms with Gasteiger partial charge in [-0.05, 0) is 30.9 Å². The molecule has 2 atom stereocenters. The maximum atomic E-state index is 14.8. The molecule has 2 heterocycles. The number of benzene rings is 1.